The minimum Gasteiger partial charge on any atom is -0.390 e. The molecule has 1 fully saturated rings. The molecule has 5 nitrogen and oxygen atoms in total. The molecule has 0 spiro atoms. The molecule has 1 aliphatic heterocycles. The van der Waals surface area contributed by atoms with Gasteiger partial charge in [0.05, 0.1) is 22.2 Å². The fourth-order valence-electron chi connectivity index (χ4n) is 1.98. The SMILES string of the molecule is Cc1[nH]c(C(=O)NC2CCNCC2O)c(Cl)c1Cl. The number of aryl methyl sites for hydroxylation is 1. The van der Waals surface area contributed by atoms with Gasteiger partial charge in [-0.1, -0.05) is 23.2 Å². The van der Waals surface area contributed by atoms with Crippen LogP contribution in [0.1, 0.15) is 22.6 Å². The van der Waals surface area contributed by atoms with E-state index < -0.39 is 6.10 Å². The molecule has 1 amide bonds. The molecule has 0 radical (unpaired) electrons. The Hall–Kier alpha value is -0.750. The Labute approximate surface area is 115 Å². The predicted octanol–water partition coefficient (Wildman–Crippen LogP) is 1.08. The second-order valence-corrected chi connectivity index (χ2v) is 5.15. The van der Waals surface area contributed by atoms with Gasteiger partial charge in [-0.3, -0.25) is 4.79 Å². The molecule has 2 unspecified atom stereocenters. The van der Waals surface area contributed by atoms with Crippen LogP contribution in [-0.2, 0) is 0 Å². The molecule has 7 heteroatoms. The molecule has 0 aliphatic carbocycles. The first kappa shape index (κ1) is 13.7. The van der Waals surface area contributed by atoms with E-state index in [1.807, 2.05) is 0 Å². The van der Waals surface area contributed by atoms with Crippen molar-refractivity contribution in [1.82, 2.24) is 15.6 Å². The van der Waals surface area contributed by atoms with Crippen molar-refractivity contribution in [3.8, 4) is 0 Å². The van der Waals surface area contributed by atoms with Gasteiger partial charge >= 0.3 is 0 Å². The van der Waals surface area contributed by atoms with Gasteiger partial charge in [0, 0.05) is 12.2 Å². The van der Waals surface area contributed by atoms with Crippen molar-refractivity contribution in [2.75, 3.05) is 13.1 Å². The standard InChI is InChI=1S/C11H15Cl2N3O2/c1-5-8(12)9(13)10(15-5)11(18)16-6-2-3-14-4-7(6)17/h6-7,14-15,17H,2-4H2,1H3,(H,16,18). The van der Waals surface area contributed by atoms with E-state index in [4.69, 9.17) is 23.2 Å². The highest BCUT2D eigenvalue weighted by Gasteiger charge is 2.26. The van der Waals surface area contributed by atoms with Crippen LogP contribution in [0.3, 0.4) is 0 Å². The van der Waals surface area contributed by atoms with E-state index >= 15 is 0 Å². The highest BCUT2D eigenvalue weighted by Crippen LogP contribution is 2.29. The third-order valence-corrected chi connectivity index (χ3v) is 3.99. The van der Waals surface area contributed by atoms with Crippen LogP contribution in [0.5, 0.6) is 0 Å². The number of piperidine rings is 1. The number of aromatic amines is 1. The number of hydrogen-bond donors (Lipinski definition) is 4. The number of nitrogens with one attached hydrogen (secondary N) is 3. The number of H-pyrrole nitrogens is 1. The number of β-amino-alcohol motifs (C(OH)–C–C–N with tert-alkyl or cyclic N) is 1. The maximum absolute atomic E-state index is 12.0. The van der Waals surface area contributed by atoms with Crippen LogP contribution in [0.4, 0.5) is 0 Å². The van der Waals surface area contributed by atoms with Gasteiger partial charge in [-0.2, -0.15) is 0 Å². The molecule has 100 valence electrons. The van der Waals surface area contributed by atoms with Crippen LogP contribution in [0.15, 0.2) is 0 Å². The number of amides is 1. The molecule has 0 saturated carbocycles. The Kier molecular flexibility index (Phi) is 4.17. The molecule has 2 rings (SSSR count). The number of aromatic nitrogens is 1. The molecule has 2 atom stereocenters. The lowest BCUT2D eigenvalue weighted by Crippen LogP contribution is -2.52. The van der Waals surface area contributed by atoms with Crippen LogP contribution >= 0.6 is 23.2 Å². The predicted molar refractivity (Wildman–Crippen MR) is 70.3 cm³/mol. The van der Waals surface area contributed by atoms with Crippen LogP contribution in [0, 0.1) is 6.92 Å². The van der Waals surface area contributed by atoms with Crippen molar-refractivity contribution in [3.05, 3.63) is 21.4 Å². The topological polar surface area (TPSA) is 77.2 Å². The zero-order valence-electron chi connectivity index (χ0n) is 9.89. The number of carbonyl (C=O) groups is 1. The summed E-state index contributed by atoms with van der Waals surface area (Å²) in [4.78, 5) is 14.9. The van der Waals surface area contributed by atoms with Gasteiger partial charge in [-0.05, 0) is 19.9 Å². The minimum absolute atomic E-state index is 0.218. The van der Waals surface area contributed by atoms with E-state index in [2.05, 4.69) is 15.6 Å². The molecule has 18 heavy (non-hydrogen) atoms. The van der Waals surface area contributed by atoms with E-state index in [0.717, 1.165) is 6.54 Å². The summed E-state index contributed by atoms with van der Waals surface area (Å²) in [7, 11) is 0. The van der Waals surface area contributed by atoms with Gasteiger partial charge in [0.1, 0.15) is 5.69 Å². The maximum Gasteiger partial charge on any atom is 0.269 e. The first-order valence-electron chi connectivity index (χ1n) is 5.74. The van der Waals surface area contributed by atoms with E-state index in [9.17, 15) is 9.90 Å². The molecule has 4 N–H and O–H groups in total. The van der Waals surface area contributed by atoms with Crippen molar-refractivity contribution < 1.29 is 9.90 Å². The second kappa shape index (κ2) is 5.48. The lowest BCUT2D eigenvalue weighted by molar-refractivity contribution is 0.0762. The Morgan fingerprint density at radius 3 is 2.72 bits per heavy atom. The Morgan fingerprint density at radius 1 is 1.44 bits per heavy atom. The number of halogens is 2. The molecular weight excluding hydrogens is 277 g/mol. The maximum atomic E-state index is 12.0. The first-order valence-corrected chi connectivity index (χ1v) is 6.49. The zero-order chi connectivity index (χ0) is 13.3. The molecule has 0 aromatic carbocycles. The lowest BCUT2D eigenvalue weighted by atomic mass is 10.0. The van der Waals surface area contributed by atoms with E-state index in [-0.39, 0.29) is 22.7 Å². The van der Waals surface area contributed by atoms with Gasteiger partial charge in [-0.15, -0.1) is 0 Å². The average Bonchev–Trinajstić information content (AvgIpc) is 2.60. The highest BCUT2D eigenvalue weighted by atomic mass is 35.5. The summed E-state index contributed by atoms with van der Waals surface area (Å²) in [6, 6.07) is -0.266. The largest absolute Gasteiger partial charge is 0.390 e. The van der Waals surface area contributed by atoms with Gasteiger partial charge in [0.2, 0.25) is 0 Å². The van der Waals surface area contributed by atoms with Crippen molar-refractivity contribution in [1.29, 1.82) is 0 Å². The number of carbonyl (C=O) groups excluding carboxylic acids is 1. The molecule has 1 saturated heterocycles. The first-order chi connectivity index (χ1) is 8.50. The Balaban J connectivity index is 2.09. The lowest BCUT2D eigenvalue weighted by Gasteiger charge is -2.28. The third kappa shape index (κ3) is 2.64. The molecule has 0 bridgehead atoms. The second-order valence-electron chi connectivity index (χ2n) is 4.39. The van der Waals surface area contributed by atoms with Gasteiger partial charge in [0.25, 0.3) is 5.91 Å². The minimum atomic E-state index is -0.590. The monoisotopic (exact) mass is 291 g/mol. The van der Waals surface area contributed by atoms with E-state index in [1.165, 1.54) is 0 Å². The molecule has 2 heterocycles. The van der Waals surface area contributed by atoms with Crippen LogP contribution < -0.4 is 10.6 Å². The summed E-state index contributed by atoms with van der Waals surface area (Å²) in [5.74, 6) is -0.346. The van der Waals surface area contributed by atoms with Gasteiger partial charge < -0.3 is 20.7 Å². The summed E-state index contributed by atoms with van der Waals surface area (Å²) in [6.07, 6.45) is 0.0887. The fraction of sp³-hybridized carbons (Fsp3) is 0.545. The smallest absolute Gasteiger partial charge is 0.269 e. The number of rotatable bonds is 2. The van der Waals surface area contributed by atoms with Crippen molar-refractivity contribution in [2.24, 2.45) is 0 Å². The molecule has 1 aromatic heterocycles. The molecule has 1 aliphatic rings. The number of hydrogen-bond acceptors (Lipinski definition) is 3. The van der Waals surface area contributed by atoms with E-state index in [1.54, 1.807) is 6.92 Å². The summed E-state index contributed by atoms with van der Waals surface area (Å²) in [5.41, 5.74) is 0.891. The summed E-state index contributed by atoms with van der Waals surface area (Å²) < 4.78 is 0. The number of aliphatic hydroxyl groups is 1. The number of aliphatic hydroxyl groups excluding tert-OH is 1. The molecule has 1 aromatic rings. The highest BCUT2D eigenvalue weighted by molar-refractivity contribution is 6.44. The third-order valence-electron chi connectivity index (χ3n) is 3.05. The molecular formula is C11H15Cl2N3O2. The Bertz CT molecular complexity index is 461. The average molecular weight is 292 g/mol. The Morgan fingerprint density at radius 2 is 2.17 bits per heavy atom. The van der Waals surface area contributed by atoms with Crippen LogP contribution in [-0.4, -0.2) is 41.2 Å². The summed E-state index contributed by atoms with van der Waals surface area (Å²) in [5, 5.41) is 16.1. The van der Waals surface area contributed by atoms with Crippen LogP contribution in [0.2, 0.25) is 10.0 Å². The van der Waals surface area contributed by atoms with Gasteiger partial charge in [-0.25, -0.2) is 0 Å². The zero-order valence-corrected chi connectivity index (χ0v) is 11.4. The van der Waals surface area contributed by atoms with Crippen molar-refractivity contribution in [3.63, 3.8) is 0 Å². The summed E-state index contributed by atoms with van der Waals surface area (Å²) >= 11 is 11.9. The quantitative estimate of drug-likeness (QED) is 0.659. The van der Waals surface area contributed by atoms with Gasteiger partial charge in [0.15, 0.2) is 0 Å². The van der Waals surface area contributed by atoms with Crippen LogP contribution in [0.25, 0.3) is 0 Å². The normalized spacial score (nSPS) is 24.0. The van der Waals surface area contributed by atoms with Crippen molar-refractivity contribution in [2.45, 2.75) is 25.5 Å². The fourth-order valence-corrected chi connectivity index (χ4v) is 2.40. The summed E-state index contributed by atoms with van der Waals surface area (Å²) in [6.45, 7) is 2.98. The van der Waals surface area contributed by atoms with E-state index in [0.29, 0.717) is 23.7 Å². The van der Waals surface area contributed by atoms with Crippen molar-refractivity contribution >= 4 is 29.1 Å².